The average molecular weight is 465 g/mol. The summed E-state index contributed by atoms with van der Waals surface area (Å²) in [7, 11) is 0. The lowest BCUT2D eigenvalue weighted by molar-refractivity contribution is -0.144. The first-order chi connectivity index (χ1) is 16.4. The number of aromatic nitrogens is 1. The van der Waals surface area contributed by atoms with Crippen LogP contribution in [-0.2, 0) is 16.0 Å². The van der Waals surface area contributed by atoms with E-state index in [1.807, 2.05) is 37.3 Å². The zero-order valence-electron chi connectivity index (χ0n) is 20.0. The molecule has 2 aliphatic rings. The molecule has 1 saturated carbocycles. The molecule has 2 atom stereocenters. The second-order valence-corrected chi connectivity index (χ2v) is 10.1. The van der Waals surface area contributed by atoms with Gasteiger partial charge in [0.15, 0.2) is 0 Å². The van der Waals surface area contributed by atoms with Gasteiger partial charge in [0.2, 0.25) is 5.91 Å². The predicted molar refractivity (Wildman–Crippen MR) is 134 cm³/mol. The van der Waals surface area contributed by atoms with Crippen LogP contribution < -0.4 is 15.5 Å². The predicted octanol–water partition coefficient (Wildman–Crippen LogP) is 4.10. The van der Waals surface area contributed by atoms with Gasteiger partial charge in [0.25, 0.3) is 0 Å². The maximum absolute atomic E-state index is 12.8. The maximum Gasteiger partial charge on any atom is 0.326 e. The first-order valence-electron chi connectivity index (χ1n) is 12.5. The van der Waals surface area contributed by atoms with Gasteiger partial charge in [-0.3, -0.25) is 4.79 Å². The lowest BCUT2D eigenvalue weighted by atomic mass is 9.75. The minimum Gasteiger partial charge on any atom is -0.480 e. The van der Waals surface area contributed by atoms with E-state index >= 15 is 0 Å². The highest BCUT2D eigenvalue weighted by atomic mass is 16.4. The van der Waals surface area contributed by atoms with Crippen LogP contribution in [0.3, 0.4) is 0 Å². The fraction of sp³-hybridized carbons (Fsp3) is 0.519. The normalized spacial score (nSPS) is 20.5. The summed E-state index contributed by atoms with van der Waals surface area (Å²) in [6.07, 6.45) is 8.06. The molecule has 1 aliphatic heterocycles. The fourth-order valence-electron chi connectivity index (χ4n) is 5.12. The summed E-state index contributed by atoms with van der Waals surface area (Å²) in [6.45, 7) is 4.83. The SMILES string of the molecule is CC1(C(=O)NC(Cc2ccc(N3CCC(CNc4ccccn4)C3)cc2)C(=O)O)CCCCC1. The lowest BCUT2D eigenvalue weighted by Gasteiger charge is -2.33. The molecule has 0 radical (unpaired) electrons. The van der Waals surface area contributed by atoms with E-state index in [1.54, 1.807) is 6.20 Å². The van der Waals surface area contributed by atoms with Crippen LogP contribution in [0.15, 0.2) is 48.7 Å². The molecular formula is C27H36N4O3. The van der Waals surface area contributed by atoms with Crippen LogP contribution in [0.4, 0.5) is 11.5 Å². The van der Waals surface area contributed by atoms with Gasteiger partial charge in [0, 0.05) is 43.4 Å². The molecule has 1 aromatic heterocycles. The van der Waals surface area contributed by atoms with E-state index < -0.39 is 17.4 Å². The van der Waals surface area contributed by atoms with Crippen molar-refractivity contribution in [1.82, 2.24) is 10.3 Å². The standard InChI is InChI=1S/C27H36N4O3/c1-27(13-4-2-5-14-27)26(34)30-23(25(32)33)17-20-8-10-22(11-9-20)31-16-12-21(19-31)18-29-24-7-3-6-15-28-24/h3,6-11,15,21,23H,2,4-5,12-14,16-19H2,1H3,(H,28,29)(H,30,34)(H,32,33). The van der Waals surface area contributed by atoms with Crippen LogP contribution in [0.1, 0.15) is 51.0 Å². The quantitative estimate of drug-likeness (QED) is 0.517. The van der Waals surface area contributed by atoms with Crippen molar-refractivity contribution in [2.24, 2.45) is 11.3 Å². The second kappa shape index (κ2) is 10.9. The number of carboxylic acid groups (broad SMARTS) is 1. The van der Waals surface area contributed by atoms with E-state index in [4.69, 9.17) is 0 Å². The van der Waals surface area contributed by atoms with Crippen molar-refractivity contribution >= 4 is 23.4 Å². The molecule has 4 rings (SSSR count). The minimum atomic E-state index is -0.986. The molecule has 2 aromatic rings. The zero-order valence-corrected chi connectivity index (χ0v) is 20.0. The first kappa shape index (κ1) is 24.0. The molecule has 7 nitrogen and oxygen atoms in total. The van der Waals surface area contributed by atoms with Crippen LogP contribution >= 0.6 is 0 Å². The highest BCUT2D eigenvalue weighted by Crippen LogP contribution is 2.36. The summed E-state index contributed by atoms with van der Waals surface area (Å²) in [5.74, 6) is 0.343. The van der Waals surface area contributed by atoms with Crippen molar-refractivity contribution in [3.05, 3.63) is 54.2 Å². The van der Waals surface area contributed by atoms with Gasteiger partial charge in [-0.05, 0) is 55.0 Å². The number of nitrogens with zero attached hydrogens (tertiary/aromatic N) is 2. The van der Waals surface area contributed by atoms with Crippen LogP contribution in [0.2, 0.25) is 0 Å². The summed E-state index contributed by atoms with van der Waals surface area (Å²) in [4.78, 5) is 31.4. The summed E-state index contributed by atoms with van der Waals surface area (Å²) in [6, 6.07) is 13.1. The molecule has 3 N–H and O–H groups in total. The topological polar surface area (TPSA) is 94.6 Å². The number of aliphatic carboxylic acids is 1. The molecule has 1 saturated heterocycles. The van der Waals surface area contributed by atoms with Gasteiger partial charge in [-0.2, -0.15) is 0 Å². The lowest BCUT2D eigenvalue weighted by Crippen LogP contribution is -2.49. The molecule has 2 fully saturated rings. The van der Waals surface area contributed by atoms with E-state index in [0.29, 0.717) is 5.92 Å². The largest absolute Gasteiger partial charge is 0.480 e. The number of pyridine rings is 1. The Hall–Kier alpha value is -3.09. The molecule has 0 spiro atoms. The molecule has 7 heteroatoms. The molecule has 1 aromatic carbocycles. The number of rotatable bonds is 9. The third-order valence-corrected chi connectivity index (χ3v) is 7.37. The van der Waals surface area contributed by atoms with Crippen LogP contribution in [-0.4, -0.2) is 47.6 Å². The second-order valence-electron chi connectivity index (χ2n) is 10.1. The van der Waals surface area contributed by atoms with Crippen LogP contribution in [0.25, 0.3) is 0 Å². The Balaban J connectivity index is 1.30. The van der Waals surface area contributed by atoms with E-state index in [9.17, 15) is 14.7 Å². The van der Waals surface area contributed by atoms with Gasteiger partial charge >= 0.3 is 5.97 Å². The number of hydrogen-bond donors (Lipinski definition) is 3. The van der Waals surface area contributed by atoms with Gasteiger partial charge in [0.1, 0.15) is 11.9 Å². The minimum absolute atomic E-state index is 0.126. The van der Waals surface area contributed by atoms with Crippen molar-refractivity contribution in [3.63, 3.8) is 0 Å². The number of hydrogen-bond acceptors (Lipinski definition) is 5. The molecule has 182 valence electrons. The van der Waals surface area contributed by atoms with Gasteiger partial charge in [0.05, 0.1) is 0 Å². The monoisotopic (exact) mass is 464 g/mol. The number of amides is 1. The van der Waals surface area contributed by atoms with Crippen molar-refractivity contribution in [1.29, 1.82) is 0 Å². The summed E-state index contributed by atoms with van der Waals surface area (Å²) in [5, 5.41) is 16.0. The number of carboxylic acids is 1. The highest BCUT2D eigenvalue weighted by molar-refractivity contribution is 5.87. The van der Waals surface area contributed by atoms with Crippen LogP contribution in [0, 0.1) is 11.3 Å². The van der Waals surface area contributed by atoms with Crippen molar-refractivity contribution in [3.8, 4) is 0 Å². The Kier molecular flexibility index (Phi) is 7.70. The van der Waals surface area contributed by atoms with Crippen molar-refractivity contribution < 1.29 is 14.7 Å². The maximum atomic E-state index is 12.8. The average Bonchev–Trinajstić information content (AvgIpc) is 3.33. The van der Waals surface area contributed by atoms with Crippen molar-refractivity contribution in [2.75, 3.05) is 29.9 Å². The number of nitrogens with one attached hydrogen (secondary N) is 2. The van der Waals surface area contributed by atoms with Gasteiger partial charge in [-0.25, -0.2) is 9.78 Å². The van der Waals surface area contributed by atoms with E-state index in [2.05, 4.69) is 32.7 Å². The number of benzene rings is 1. The van der Waals surface area contributed by atoms with E-state index in [1.165, 1.54) is 0 Å². The molecule has 34 heavy (non-hydrogen) atoms. The molecule has 1 amide bonds. The van der Waals surface area contributed by atoms with E-state index in [-0.39, 0.29) is 12.3 Å². The van der Waals surface area contributed by atoms with Gasteiger partial charge in [-0.1, -0.05) is 44.4 Å². The Labute approximate surface area is 202 Å². The summed E-state index contributed by atoms with van der Waals surface area (Å²) < 4.78 is 0. The molecule has 1 aliphatic carbocycles. The molecular weight excluding hydrogens is 428 g/mol. The van der Waals surface area contributed by atoms with Gasteiger partial charge in [-0.15, -0.1) is 0 Å². The van der Waals surface area contributed by atoms with Gasteiger partial charge < -0.3 is 20.6 Å². The Morgan fingerprint density at radius 3 is 2.59 bits per heavy atom. The Bertz CT molecular complexity index is 958. The van der Waals surface area contributed by atoms with Crippen molar-refractivity contribution in [2.45, 2.75) is 57.9 Å². The highest BCUT2D eigenvalue weighted by Gasteiger charge is 2.36. The number of anilines is 2. The zero-order chi connectivity index (χ0) is 24.0. The Morgan fingerprint density at radius 2 is 1.91 bits per heavy atom. The summed E-state index contributed by atoms with van der Waals surface area (Å²) >= 11 is 0. The fourth-order valence-corrected chi connectivity index (χ4v) is 5.12. The smallest absolute Gasteiger partial charge is 0.326 e. The van der Waals surface area contributed by atoms with E-state index in [0.717, 1.165) is 75.2 Å². The molecule has 0 bridgehead atoms. The summed E-state index contributed by atoms with van der Waals surface area (Å²) in [5.41, 5.74) is 1.61. The number of carbonyl (C=O) groups is 2. The number of carbonyl (C=O) groups excluding carboxylic acids is 1. The molecule has 2 unspecified atom stereocenters. The van der Waals surface area contributed by atoms with Crippen LogP contribution in [0.5, 0.6) is 0 Å². The third kappa shape index (κ3) is 6.07. The molecule has 2 heterocycles. The first-order valence-corrected chi connectivity index (χ1v) is 12.5. The Morgan fingerprint density at radius 1 is 1.15 bits per heavy atom. The third-order valence-electron chi connectivity index (χ3n) is 7.37.